The molecule has 0 saturated carbocycles. The van der Waals surface area contributed by atoms with E-state index in [0.29, 0.717) is 13.1 Å². The van der Waals surface area contributed by atoms with Gasteiger partial charge in [-0.2, -0.15) is 0 Å². The van der Waals surface area contributed by atoms with Crippen LogP contribution in [0.15, 0.2) is 30.3 Å². The van der Waals surface area contributed by atoms with Gasteiger partial charge in [-0.15, -0.1) is 0 Å². The average Bonchev–Trinajstić information content (AvgIpc) is 2.91. The van der Waals surface area contributed by atoms with E-state index in [1.807, 2.05) is 11.0 Å². The van der Waals surface area contributed by atoms with Crippen molar-refractivity contribution in [1.29, 1.82) is 0 Å². The number of likely N-dealkylation sites (tertiary alicyclic amines) is 1. The maximum absolute atomic E-state index is 12.2. The summed E-state index contributed by atoms with van der Waals surface area (Å²) in [5.74, 6) is -0.144. The van der Waals surface area contributed by atoms with Crippen molar-refractivity contribution >= 4 is 11.9 Å². The molecular weight excluding hydrogens is 278 g/mol. The minimum Gasteiger partial charge on any atom is -0.319 e. The van der Waals surface area contributed by atoms with Gasteiger partial charge < -0.3 is 4.90 Å². The van der Waals surface area contributed by atoms with Gasteiger partial charge in [0, 0.05) is 45.7 Å². The molecular formula is C17H23N3O2. The molecule has 2 aliphatic rings. The van der Waals surface area contributed by atoms with Crippen LogP contribution in [0.25, 0.3) is 0 Å². The van der Waals surface area contributed by atoms with Crippen LogP contribution in [-0.4, -0.2) is 58.9 Å². The first-order chi connectivity index (χ1) is 10.6. The molecule has 0 radical (unpaired) electrons. The van der Waals surface area contributed by atoms with Gasteiger partial charge in [0.1, 0.15) is 0 Å². The highest BCUT2D eigenvalue weighted by Gasteiger charge is 2.36. The molecule has 5 heteroatoms. The van der Waals surface area contributed by atoms with Crippen molar-refractivity contribution in [2.75, 3.05) is 26.2 Å². The number of amides is 3. The summed E-state index contributed by atoms with van der Waals surface area (Å²) in [5, 5.41) is 0. The fourth-order valence-electron chi connectivity index (χ4n) is 3.42. The molecule has 0 N–H and O–H groups in total. The molecule has 0 atom stereocenters. The van der Waals surface area contributed by atoms with E-state index < -0.39 is 0 Å². The number of carbonyl (C=O) groups excluding carboxylic acids is 2. The van der Waals surface area contributed by atoms with Crippen LogP contribution in [0.3, 0.4) is 0 Å². The summed E-state index contributed by atoms with van der Waals surface area (Å²) < 4.78 is 0. The van der Waals surface area contributed by atoms with Crippen LogP contribution in [0.1, 0.15) is 25.3 Å². The average molecular weight is 301 g/mol. The third kappa shape index (κ3) is 3.14. The van der Waals surface area contributed by atoms with Gasteiger partial charge in [-0.1, -0.05) is 30.3 Å². The van der Waals surface area contributed by atoms with Crippen molar-refractivity contribution in [3.8, 4) is 0 Å². The molecule has 2 aliphatic heterocycles. The Morgan fingerprint density at radius 2 is 1.77 bits per heavy atom. The van der Waals surface area contributed by atoms with Crippen LogP contribution < -0.4 is 0 Å². The smallest absolute Gasteiger partial charge is 0.319 e. The number of carbonyl (C=O) groups is 2. The third-order valence-corrected chi connectivity index (χ3v) is 4.67. The van der Waals surface area contributed by atoms with Crippen molar-refractivity contribution in [3.05, 3.63) is 35.9 Å². The maximum Gasteiger partial charge on any atom is 0.327 e. The van der Waals surface area contributed by atoms with E-state index in [9.17, 15) is 9.59 Å². The second kappa shape index (κ2) is 6.48. The molecule has 5 nitrogen and oxygen atoms in total. The normalized spacial score (nSPS) is 20.7. The van der Waals surface area contributed by atoms with E-state index in [4.69, 9.17) is 0 Å². The summed E-state index contributed by atoms with van der Waals surface area (Å²) >= 11 is 0. The molecule has 1 aromatic rings. The lowest BCUT2D eigenvalue weighted by atomic mass is 10.0. The number of hydrogen-bond donors (Lipinski definition) is 0. The van der Waals surface area contributed by atoms with Crippen molar-refractivity contribution in [3.63, 3.8) is 0 Å². The van der Waals surface area contributed by atoms with E-state index in [-0.39, 0.29) is 18.0 Å². The largest absolute Gasteiger partial charge is 0.327 e. The zero-order chi connectivity index (χ0) is 15.5. The van der Waals surface area contributed by atoms with Gasteiger partial charge in [0.15, 0.2) is 0 Å². The number of hydrogen-bond acceptors (Lipinski definition) is 3. The fourth-order valence-corrected chi connectivity index (χ4v) is 3.42. The molecule has 3 amide bonds. The SMILES string of the molecule is CC(=O)N1CCN(C2CCN(Cc3ccccc3)CC2)C1=O. The maximum atomic E-state index is 12.2. The minimum atomic E-state index is -0.144. The third-order valence-electron chi connectivity index (χ3n) is 4.67. The van der Waals surface area contributed by atoms with Gasteiger partial charge in [0.05, 0.1) is 0 Å². The van der Waals surface area contributed by atoms with E-state index >= 15 is 0 Å². The quantitative estimate of drug-likeness (QED) is 0.857. The molecule has 0 unspecified atom stereocenters. The summed E-state index contributed by atoms with van der Waals surface area (Å²) in [6, 6.07) is 10.7. The van der Waals surface area contributed by atoms with Crippen LogP contribution in [0, 0.1) is 0 Å². The Hall–Kier alpha value is -1.88. The van der Waals surface area contributed by atoms with Crippen molar-refractivity contribution in [2.45, 2.75) is 32.4 Å². The minimum absolute atomic E-state index is 0.103. The second-order valence-corrected chi connectivity index (χ2v) is 6.14. The van der Waals surface area contributed by atoms with Crippen LogP contribution in [0.5, 0.6) is 0 Å². The van der Waals surface area contributed by atoms with Crippen LogP contribution in [0.2, 0.25) is 0 Å². The number of nitrogens with zero attached hydrogens (tertiary/aromatic N) is 3. The molecule has 0 aliphatic carbocycles. The second-order valence-electron chi connectivity index (χ2n) is 6.14. The summed E-state index contributed by atoms with van der Waals surface area (Å²) in [6.07, 6.45) is 1.98. The van der Waals surface area contributed by atoms with E-state index in [2.05, 4.69) is 29.2 Å². The standard InChI is InChI=1S/C17H23N3O2/c1-14(21)19-11-12-20(17(19)22)16-7-9-18(10-8-16)13-15-5-3-2-4-6-15/h2-6,16H,7-13H2,1H3. The van der Waals surface area contributed by atoms with Crippen molar-refractivity contribution in [2.24, 2.45) is 0 Å². The van der Waals surface area contributed by atoms with E-state index in [0.717, 1.165) is 32.5 Å². The summed E-state index contributed by atoms with van der Waals surface area (Å²) in [7, 11) is 0. The Morgan fingerprint density at radius 3 is 2.36 bits per heavy atom. The molecule has 2 fully saturated rings. The predicted molar refractivity (Wildman–Crippen MR) is 84.2 cm³/mol. The lowest BCUT2D eigenvalue weighted by Gasteiger charge is -2.36. The molecule has 22 heavy (non-hydrogen) atoms. The molecule has 2 saturated heterocycles. The number of piperidine rings is 1. The number of benzene rings is 1. The fraction of sp³-hybridized carbons (Fsp3) is 0.529. The zero-order valence-electron chi connectivity index (χ0n) is 13.1. The van der Waals surface area contributed by atoms with Gasteiger partial charge in [-0.3, -0.25) is 14.6 Å². The molecule has 0 aromatic heterocycles. The zero-order valence-corrected chi connectivity index (χ0v) is 13.1. The Bertz CT molecular complexity index is 538. The van der Waals surface area contributed by atoms with Crippen LogP contribution in [0.4, 0.5) is 4.79 Å². The Morgan fingerprint density at radius 1 is 1.09 bits per heavy atom. The monoisotopic (exact) mass is 301 g/mol. The van der Waals surface area contributed by atoms with Gasteiger partial charge in [-0.05, 0) is 18.4 Å². The van der Waals surface area contributed by atoms with E-state index in [1.165, 1.54) is 17.4 Å². The van der Waals surface area contributed by atoms with Crippen molar-refractivity contribution in [1.82, 2.24) is 14.7 Å². The molecule has 118 valence electrons. The molecule has 3 rings (SSSR count). The lowest BCUT2D eigenvalue weighted by Crippen LogP contribution is -2.46. The van der Waals surface area contributed by atoms with Crippen LogP contribution in [-0.2, 0) is 11.3 Å². The summed E-state index contributed by atoms with van der Waals surface area (Å²) in [5.41, 5.74) is 1.33. The van der Waals surface area contributed by atoms with Gasteiger partial charge in [0.2, 0.25) is 5.91 Å². The number of imide groups is 1. The number of rotatable bonds is 3. The highest BCUT2D eigenvalue weighted by Crippen LogP contribution is 2.22. The van der Waals surface area contributed by atoms with Gasteiger partial charge in [-0.25, -0.2) is 4.79 Å². The van der Waals surface area contributed by atoms with Crippen molar-refractivity contribution < 1.29 is 9.59 Å². The lowest BCUT2D eigenvalue weighted by molar-refractivity contribution is -0.125. The Kier molecular flexibility index (Phi) is 4.43. The summed E-state index contributed by atoms with van der Waals surface area (Å²) in [6.45, 7) is 5.66. The van der Waals surface area contributed by atoms with Gasteiger partial charge in [0.25, 0.3) is 0 Å². The highest BCUT2D eigenvalue weighted by atomic mass is 16.2. The molecule has 2 heterocycles. The topological polar surface area (TPSA) is 43.9 Å². The summed E-state index contributed by atoms with van der Waals surface area (Å²) in [4.78, 5) is 29.3. The van der Waals surface area contributed by atoms with Gasteiger partial charge >= 0.3 is 6.03 Å². The molecule has 0 spiro atoms. The highest BCUT2D eigenvalue weighted by molar-refractivity contribution is 5.94. The Balaban J connectivity index is 1.52. The Labute approximate surface area is 131 Å². The first-order valence-corrected chi connectivity index (χ1v) is 8.00. The first kappa shape index (κ1) is 15.0. The number of urea groups is 1. The first-order valence-electron chi connectivity index (χ1n) is 8.00. The molecule has 0 bridgehead atoms. The van der Waals surface area contributed by atoms with Crippen LogP contribution >= 0.6 is 0 Å². The van der Waals surface area contributed by atoms with E-state index in [1.54, 1.807) is 0 Å². The predicted octanol–water partition coefficient (Wildman–Crippen LogP) is 1.94. The molecule has 1 aromatic carbocycles.